The fraction of sp³-hybridized carbons (Fsp3) is 0.600. The van der Waals surface area contributed by atoms with Gasteiger partial charge in [-0.2, -0.15) is 0 Å². The molecule has 0 aliphatic carbocycles. The van der Waals surface area contributed by atoms with Crippen LogP contribution >= 0.6 is 0 Å². The molecule has 0 fully saturated rings. The van der Waals surface area contributed by atoms with Crippen molar-refractivity contribution >= 4 is 0 Å². The summed E-state index contributed by atoms with van der Waals surface area (Å²) in [6, 6.07) is 2.12. The zero-order valence-corrected chi connectivity index (χ0v) is 8.27. The zero-order chi connectivity index (χ0) is 9.36. The van der Waals surface area contributed by atoms with Gasteiger partial charge in [-0.15, -0.1) is 0 Å². The van der Waals surface area contributed by atoms with Gasteiger partial charge in [0, 0.05) is 12.4 Å². The van der Waals surface area contributed by atoms with E-state index in [0.717, 1.165) is 26.1 Å². The highest BCUT2D eigenvalue weighted by molar-refractivity contribution is 5.08. The molecule has 1 rings (SSSR count). The molecular formula is C10H19N3. The van der Waals surface area contributed by atoms with Crippen LogP contribution in [-0.4, -0.2) is 31.7 Å². The van der Waals surface area contributed by atoms with Crippen LogP contribution in [-0.2, 0) is 6.42 Å². The summed E-state index contributed by atoms with van der Waals surface area (Å²) < 4.78 is 0. The number of aromatic nitrogens is 1. The summed E-state index contributed by atoms with van der Waals surface area (Å²) in [6.07, 6.45) is 6.33. The van der Waals surface area contributed by atoms with E-state index in [-0.39, 0.29) is 0 Å². The molecule has 3 heteroatoms. The summed E-state index contributed by atoms with van der Waals surface area (Å²) in [5, 5.41) is 6.53. The standard InChI is InChI=1S/C10H19N3/c1-11-5-2-6-12-7-3-10-4-8-13-9-10/h4,8-9,11-13H,2-3,5-7H2,1H3. The molecule has 1 aromatic heterocycles. The number of rotatable bonds is 7. The fourth-order valence-corrected chi connectivity index (χ4v) is 1.26. The van der Waals surface area contributed by atoms with E-state index in [0.29, 0.717) is 0 Å². The zero-order valence-electron chi connectivity index (χ0n) is 8.27. The number of aromatic amines is 1. The number of hydrogen-bond donors (Lipinski definition) is 3. The quantitative estimate of drug-likeness (QED) is 0.543. The van der Waals surface area contributed by atoms with E-state index in [2.05, 4.69) is 27.9 Å². The summed E-state index contributed by atoms with van der Waals surface area (Å²) in [7, 11) is 1.99. The molecule has 13 heavy (non-hydrogen) atoms. The Morgan fingerprint density at radius 3 is 2.92 bits per heavy atom. The smallest absolute Gasteiger partial charge is 0.00378 e. The Balaban J connectivity index is 1.90. The van der Waals surface area contributed by atoms with Crippen LogP contribution in [0.2, 0.25) is 0 Å². The van der Waals surface area contributed by atoms with Gasteiger partial charge in [0.05, 0.1) is 0 Å². The van der Waals surface area contributed by atoms with Crippen LogP contribution in [0.25, 0.3) is 0 Å². The Bertz CT molecular complexity index is 194. The summed E-state index contributed by atoms with van der Waals surface area (Å²) in [5.41, 5.74) is 1.38. The van der Waals surface area contributed by atoms with Crippen LogP contribution in [0.3, 0.4) is 0 Å². The van der Waals surface area contributed by atoms with Gasteiger partial charge in [0.25, 0.3) is 0 Å². The van der Waals surface area contributed by atoms with Gasteiger partial charge in [0.2, 0.25) is 0 Å². The van der Waals surface area contributed by atoms with Crippen molar-refractivity contribution in [2.75, 3.05) is 26.7 Å². The van der Waals surface area contributed by atoms with Crippen molar-refractivity contribution < 1.29 is 0 Å². The first-order valence-corrected chi connectivity index (χ1v) is 4.90. The van der Waals surface area contributed by atoms with Crippen LogP contribution in [0, 0.1) is 0 Å². The van der Waals surface area contributed by atoms with Gasteiger partial charge in [0.15, 0.2) is 0 Å². The lowest BCUT2D eigenvalue weighted by atomic mass is 10.2. The Morgan fingerprint density at radius 2 is 2.23 bits per heavy atom. The van der Waals surface area contributed by atoms with Gasteiger partial charge in [0.1, 0.15) is 0 Å². The minimum absolute atomic E-state index is 1.07. The fourth-order valence-electron chi connectivity index (χ4n) is 1.26. The second-order valence-electron chi connectivity index (χ2n) is 3.18. The molecule has 0 aromatic carbocycles. The Labute approximate surface area is 79.9 Å². The predicted octanol–water partition coefficient (Wildman–Crippen LogP) is 0.756. The molecule has 0 saturated carbocycles. The van der Waals surface area contributed by atoms with E-state index in [4.69, 9.17) is 0 Å². The van der Waals surface area contributed by atoms with Crippen molar-refractivity contribution in [3.05, 3.63) is 24.0 Å². The molecule has 0 unspecified atom stereocenters. The number of nitrogens with one attached hydrogen (secondary N) is 3. The Hall–Kier alpha value is -0.800. The van der Waals surface area contributed by atoms with Crippen LogP contribution in [0.4, 0.5) is 0 Å². The topological polar surface area (TPSA) is 39.8 Å². The van der Waals surface area contributed by atoms with E-state index in [1.165, 1.54) is 12.0 Å². The van der Waals surface area contributed by atoms with Crippen molar-refractivity contribution in [1.29, 1.82) is 0 Å². The predicted molar refractivity (Wildman–Crippen MR) is 55.9 cm³/mol. The maximum Gasteiger partial charge on any atom is 0.00378 e. The monoisotopic (exact) mass is 181 g/mol. The summed E-state index contributed by atoms with van der Waals surface area (Å²) >= 11 is 0. The minimum Gasteiger partial charge on any atom is -0.367 e. The Kier molecular flexibility index (Phi) is 5.29. The van der Waals surface area contributed by atoms with Gasteiger partial charge >= 0.3 is 0 Å². The molecule has 0 saturated heterocycles. The second-order valence-corrected chi connectivity index (χ2v) is 3.18. The molecule has 1 heterocycles. The average Bonchev–Trinajstić information content (AvgIpc) is 2.63. The first-order valence-electron chi connectivity index (χ1n) is 4.90. The highest BCUT2D eigenvalue weighted by atomic mass is 14.9. The lowest BCUT2D eigenvalue weighted by Gasteiger charge is -2.02. The largest absolute Gasteiger partial charge is 0.367 e. The van der Waals surface area contributed by atoms with E-state index in [9.17, 15) is 0 Å². The molecular weight excluding hydrogens is 162 g/mol. The summed E-state index contributed by atoms with van der Waals surface area (Å²) in [4.78, 5) is 3.05. The molecule has 0 radical (unpaired) electrons. The van der Waals surface area contributed by atoms with E-state index < -0.39 is 0 Å². The lowest BCUT2D eigenvalue weighted by Crippen LogP contribution is -2.21. The van der Waals surface area contributed by atoms with Gasteiger partial charge in [-0.3, -0.25) is 0 Å². The molecule has 0 atom stereocenters. The molecule has 3 nitrogen and oxygen atoms in total. The maximum absolute atomic E-state index is 3.40. The van der Waals surface area contributed by atoms with Gasteiger partial charge < -0.3 is 15.6 Å². The van der Waals surface area contributed by atoms with Crippen LogP contribution in [0.15, 0.2) is 18.5 Å². The van der Waals surface area contributed by atoms with Crippen molar-refractivity contribution in [2.45, 2.75) is 12.8 Å². The van der Waals surface area contributed by atoms with Crippen molar-refractivity contribution in [1.82, 2.24) is 15.6 Å². The molecule has 0 aliphatic rings. The molecule has 74 valence electrons. The number of hydrogen-bond acceptors (Lipinski definition) is 2. The molecule has 0 spiro atoms. The molecule has 0 amide bonds. The minimum atomic E-state index is 1.07. The summed E-state index contributed by atoms with van der Waals surface area (Å²) in [5.74, 6) is 0. The highest BCUT2D eigenvalue weighted by Gasteiger charge is 1.91. The van der Waals surface area contributed by atoms with Gasteiger partial charge in [-0.1, -0.05) is 0 Å². The second kappa shape index (κ2) is 6.69. The first kappa shape index (κ1) is 10.3. The van der Waals surface area contributed by atoms with E-state index in [1.807, 2.05) is 13.2 Å². The van der Waals surface area contributed by atoms with E-state index in [1.54, 1.807) is 0 Å². The van der Waals surface area contributed by atoms with E-state index >= 15 is 0 Å². The Morgan fingerprint density at radius 1 is 1.31 bits per heavy atom. The average molecular weight is 181 g/mol. The molecule has 0 bridgehead atoms. The normalized spacial score (nSPS) is 10.5. The van der Waals surface area contributed by atoms with Crippen molar-refractivity contribution in [2.24, 2.45) is 0 Å². The molecule has 0 aliphatic heterocycles. The van der Waals surface area contributed by atoms with Gasteiger partial charge in [-0.05, 0) is 51.2 Å². The highest BCUT2D eigenvalue weighted by Crippen LogP contribution is 1.95. The summed E-state index contributed by atoms with van der Waals surface area (Å²) in [6.45, 7) is 3.27. The third-order valence-electron chi connectivity index (χ3n) is 2.03. The van der Waals surface area contributed by atoms with Crippen LogP contribution in [0.1, 0.15) is 12.0 Å². The molecule has 3 N–H and O–H groups in total. The van der Waals surface area contributed by atoms with Crippen LogP contribution < -0.4 is 10.6 Å². The van der Waals surface area contributed by atoms with Gasteiger partial charge in [-0.25, -0.2) is 0 Å². The number of H-pyrrole nitrogens is 1. The van der Waals surface area contributed by atoms with Crippen molar-refractivity contribution in [3.63, 3.8) is 0 Å². The first-order chi connectivity index (χ1) is 6.43. The third kappa shape index (κ3) is 4.70. The SMILES string of the molecule is CNCCCNCCc1cc[nH]c1. The third-order valence-corrected chi connectivity index (χ3v) is 2.03. The lowest BCUT2D eigenvalue weighted by molar-refractivity contribution is 0.625. The maximum atomic E-state index is 3.40. The van der Waals surface area contributed by atoms with Crippen molar-refractivity contribution in [3.8, 4) is 0 Å². The molecule has 1 aromatic rings. The van der Waals surface area contributed by atoms with Crippen LogP contribution in [0.5, 0.6) is 0 Å².